The van der Waals surface area contributed by atoms with Crippen LogP contribution in [0.1, 0.15) is 43.0 Å². The van der Waals surface area contributed by atoms with E-state index in [1.54, 1.807) is 0 Å². The Morgan fingerprint density at radius 3 is 2.80 bits per heavy atom. The lowest BCUT2D eigenvalue weighted by molar-refractivity contribution is 0.109. The van der Waals surface area contributed by atoms with Crippen molar-refractivity contribution < 1.29 is 0 Å². The van der Waals surface area contributed by atoms with Crippen LogP contribution < -0.4 is 5.32 Å². The normalized spacial score (nSPS) is 22.9. The number of aromatic nitrogens is 2. The first kappa shape index (κ1) is 15.4. The summed E-state index contributed by atoms with van der Waals surface area (Å²) in [6.07, 6.45) is 1.99. The van der Waals surface area contributed by atoms with E-state index in [0.29, 0.717) is 12.1 Å². The van der Waals surface area contributed by atoms with Crippen molar-refractivity contribution in [2.24, 2.45) is 0 Å². The van der Waals surface area contributed by atoms with E-state index in [-0.39, 0.29) is 0 Å². The zero-order chi connectivity index (χ0) is 14.7. The van der Waals surface area contributed by atoms with E-state index >= 15 is 0 Å². The van der Waals surface area contributed by atoms with Crippen molar-refractivity contribution in [1.29, 1.82) is 0 Å². The molecule has 1 aromatic heterocycles. The lowest BCUT2D eigenvalue weighted by Crippen LogP contribution is -2.45. The Hall–Kier alpha value is -1.04. The molecule has 0 bridgehead atoms. The van der Waals surface area contributed by atoms with Crippen LogP contribution in [0.2, 0.25) is 0 Å². The average molecular weight is 277 g/mol. The molecule has 1 saturated heterocycles. The molecule has 2 rings (SSSR count). The highest BCUT2D eigenvalue weighted by Crippen LogP contribution is 2.22. The SMILES string of the molecule is CCNC(C)c1cnc(C2CN(C)CCN2C)nc1C. The van der Waals surface area contributed by atoms with Crippen LogP contribution in [-0.2, 0) is 0 Å². The maximum Gasteiger partial charge on any atom is 0.146 e. The highest BCUT2D eigenvalue weighted by atomic mass is 15.3. The van der Waals surface area contributed by atoms with E-state index in [9.17, 15) is 0 Å². The summed E-state index contributed by atoms with van der Waals surface area (Å²) in [5.41, 5.74) is 2.28. The van der Waals surface area contributed by atoms with Gasteiger partial charge in [0.1, 0.15) is 5.82 Å². The van der Waals surface area contributed by atoms with Gasteiger partial charge < -0.3 is 10.2 Å². The number of hydrogen-bond donors (Lipinski definition) is 1. The lowest BCUT2D eigenvalue weighted by atomic mass is 10.1. The molecule has 5 heteroatoms. The molecule has 0 radical (unpaired) electrons. The topological polar surface area (TPSA) is 44.3 Å². The first-order valence-corrected chi connectivity index (χ1v) is 7.48. The number of nitrogens with one attached hydrogen (secondary N) is 1. The molecule has 20 heavy (non-hydrogen) atoms. The van der Waals surface area contributed by atoms with Crippen molar-refractivity contribution in [2.75, 3.05) is 40.3 Å². The zero-order valence-electron chi connectivity index (χ0n) is 13.3. The fourth-order valence-corrected chi connectivity index (χ4v) is 2.79. The van der Waals surface area contributed by atoms with Gasteiger partial charge in [0.05, 0.1) is 6.04 Å². The van der Waals surface area contributed by atoms with Gasteiger partial charge in [0.15, 0.2) is 0 Å². The van der Waals surface area contributed by atoms with Crippen molar-refractivity contribution >= 4 is 0 Å². The molecular weight excluding hydrogens is 250 g/mol. The number of piperazine rings is 1. The van der Waals surface area contributed by atoms with E-state index in [1.807, 2.05) is 6.20 Å². The minimum atomic E-state index is 0.302. The number of rotatable bonds is 4. The Balaban J connectivity index is 2.19. The van der Waals surface area contributed by atoms with Gasteiger partial charge in [-0.3, -0.25) is 4.90 Å². The van der Waals surface area contributed by atoms with Crippen LogP contribution in [0.15, 0.2) is 6.20 Å². The predicted octanol–water partition coefficient (Wildman–Crippen LogP) is 1.37. The second kappa shape index (κ2) is 6.61. The van der Waals surface area contributed by atoms with Gasteiger partial charge in [0, 0.05) is 43.1 Å². The summed E-state index contributed by atoms with van der Waals surface area (Å²) in [7, 11) is 4.32. The van der Waals surface area contributed by atoms with Crippen LogP contribution in [0, 0.1) is 6.92 Å². The van der Waals surface area contributed by atoms with Crippen LogP contribution in [0.5, 0.6) is 0 Å². The van der Waals surface area contributed by atoms with E-state index in [0.717, 1.165) is 37.7 Å². The Bertz CT molecular complexity index is 448. The molecule has 2 atom stereocenters. The van der Waals surface area contributed by atoms with Gasteiger partial charge in [0.25, 0.3) is 0 Å². The Kier molecular flexibility index (Phi) is 5.07. The van der Waals surface area contributed by atoms with Crippen molar-refractivity contribution in [1.82, 2.24) is 25.1 Å². The molecule has 1 fully saturated rings. The van der Waals surface area contributed by atoms with Crippen molar-refractivity contribution in [3.63, 3.8) is 0 Å². The quantitative estimate of drug-likeness (QED) is 0.900. The maximum absolute atomic E-state index is 4.77. The van der Waals surface area contributed by atoms with E-state index in [1.165, 1.54) is 5.56 Å². The first-order valence-electron chi connectivity index (χ1n) is 7.48. The third-order valence-electron chi connectivity index (χ3n) is 4.16. The summed E-state index contributed by atoms with van der Waals surface area (Å²) in [4.78, 5) is 14.1. The number of hydrogen-bond acceptors (Lipinski definition) is 5. The molecule has 1 N–H and O–H groups in total. The fraction of sp³-hybridized carbons (Fsp3) is 0.733. The van der Waals surface area contributed by atoms with Crippen LogP contribution in [0.25, 0.3) is 0 Å². The molecular formula is C15H27N5. The van der Waals surface area contributed by atoms with Crippen molar-refractivity contribution in [3.05, 3.63) is 23.3 Å². The minimum absolute atomic E-state index is 0.302. The summed E-state index contributed by atoms with van der Waals surface area (Å²) < 4.78 is 0. The Morgan fingerprint density at radius 2 is 2.15 bits per heavy atom. The predicted molar refractivity (Wildman–Crippen MR) is 81.7 cm³/mol. The third kappa shape index (κ3) is 3.34. The molecule has 0 saturated carbocycles. The first-order chi connectivity index (χ1) is 9.52. The van der Waals surface area contributed by atoms with Gasteiger partial charge >= 0.3 is 0 Å². The van der Waals surface area contributed by atoms with Gasteiger partial charge in [-0.15, -0.1) is 0 Å². The highest BCUT2D eigenvalue weighted by Gasteiger charge is 2.26. The van der Waals surface area contributed by atoms with E-state index in [4.69, 9.17) is 4.98 Å². The smallest absolute Gasteiger partial charge is 0.146 e. The van der Waals surface area contributed by atoms with Crippen LogP contribution in [0.3, 0.4) is 0 Å². The van der Waals surface area contributed by atoms with E-state index in [2.05, 4.69) is 55.0 Å². The van der Waals surface area contributed by atoms with Crippen molar-refractivity contribution in [2.45, 2.75) is 32.9 Å². The largest absolute Gasteiger partial charge is 0.310 e. The molecule has 2 unspecified atom stereocenters. The molecule has 0 amide bonds. The number of likely N-dealkylation sites (N-methyl/N-ethyl adjacent to an activating group) is 2. The molecule has 0 spiro atoms. The van der Waals surface area contributed by atoms with Gasteiger partial charge in [0.2, 0.25) is 0 Å². The molecule has 1 aliphatic rings. The third-order valence-corrected chi connectivity index (χ3v) is 4.16. The number of aryl methyl sites for hydroxylation is 1. The lowest BCUT2D eigenvalue weighted by Gasteiger charge is -2.36. The standard InChI is InChI=1S/C15H27N5/c1-6-16-11(2)13-9-17-15(18-12(13)3)14-10-19(4)7-8-20(14)5/h9,11,14,16H,6-8,10H2,1-5H3. The van der Waals surface area contributed by atoms with Gasteiger partial charge in [-0.05, 0) is 34.5 Å². The average Bonchev–Trinajstić information content (AvgIpc) is 2.41. The van der Waals surface area contributed by atoms with Gasteiger partial charge in [-0.1, -0.05) is 6.92 Å². The van der Waals surface area contributed by atoms with Crippen LogP contribution in [0.4, 0.5) is 0 Å². The van der Waals surface area contributed by atoms with Gasteiger partial charge in [-0.25, -0.2) is 9.97 Å². The van der Waals surface area contributed by atoms with Gasteiger partial charge in [-0.2, -0.15) is 0 Å². The summed E-state index contributed by atoms with van der Waals surface area (Å²) in [5, 5.41) is 3.42. The molecule has 0 aliphatic carbocycles. The Morgan fingerprint density at radius 1 is 1.40 bits per heavy atom. The van der Waals surface area contributed by atoms with Crippen LogP contribution in [-0.4, -0.2) is 60.0 Å². The number of nitrogens with zero attached hydrogens (tertiary/aromatic N) is 4. The van der Waals surface area contributed by atoms with Crippen molar-refractivity contribution in [3.8, 4) is 0 Å². The summed E-state index contributed by atoms with van der Waals surface area (Å²) in [6, 6.07) is 0.608. The maximum atomic E-state index is 4.77. The fourth-order valence-electron chi connectivity index (χ4n) is 2.79. The highest BCUT2D eigenvalue weighted by molar-refractivity contribution is 5.21. The Labute approximate surface area is 122 Å². The molecule has 5 nitrogen and oxygen atoms in total. The minimum Gasteiger partial charge on any atom is -0.310 e. The molecule has 2 heterocycles. The second-order valence-electron chi connectivity index (χ2n) is 5.81. The summed E-state index contributed by atoms with van der Waals surface area (Å²) in [5.74, 6) is 0.948. The van der Waals surface area contributed by atoms with E-state index < -0.39 is 0 Å². The molecule has 112 valence electrons. The molecule has 0 aromatic carbocycles. The van der Waals surface area contributed by atoms with Crippen LogP contribution >= 0.6 is 0 Å². The monoisotopic (exact) mass is 277 g/mol. The zero-order valence-corrected chi connectivity index (χ0v) is 13.3. The summed E-state index contributed by atoms with van der Waals surface area (Å²) >= 11 is 0. The molecule has 1 aliphatic heterocycles. The molecule has 1 aromatic rings. The summed E-state index contributed by atoms with van der Waals surface area (Å²) in [6.45, 7) is 10.5. The second-order valence-corrected chi connectivity index (χ2v) is 5.81.